The molecule has 0 N–H and O–H groups in total. The Hall–Kier alpha value is -1.62. The summed E-state index contributed by atoms with van der Waals surface area (Å²) in [6.07, 6.45) is 2.12. The van der Waals surface area contributed by atoms with E-state index in [1.165, 1.54) is 23.0 Å². The van der Waals surface area contributed by atoms with E-state index in [0.717, 1.165) is 16.8 Å². The minimum absolute atomic E-state index is 0.206. The van der Waals surface area contributed by atoms with Gasteiger partial charge in [-0.05, 0) is 47.8 Å². The molecule has 0 bridgehead atoms. The summed E-state index contributed by atoms with van der Waals surface area (Å²) in [4.78, 5) is 0. The van der Waals surface area contributed by atoms with Crippen molar-refractivity contribution in [2.45, 2.75) is 19.9 Å². The zero-order valence-corrected chi connectivity index (χ0v) is 14.7. The van der Waals surface area contributed by atoms with Crippen molar-refractivity contribution in [1.82, 2.24) is 4.57 Å². The third kappa shape index (κ3) is 2.58. The number of benzene rings is 2. The second-order valence-electron chi connectivity index (χ2n) is 5.54. The van der Waals surface area contributed by atoms with E-state index in [2.05, 4.69) is 71.3 Å². The van der Waals surface area contributed by atoms with Gasteiger partial charge in [0.15, 0.2) is 0 Å². The van der Waals surface area contributed by atoms with Crippen LogP contribution in [0.25, 0.3) is 28.1 Å². The Morgan fingerprint density at radius 3 is 2.36 bits per heavy atom. The lowest BCUT2D eigenvalue weighted by Crippen LogP contribution is -2.02. The highest BCUT2D eigenvalue weighted by atomic mass is 127. The monoisotopic (exact) mass is 405 g/mol. The van der Waals surface area contributed by atoms with Gasteiger partial charge in [0, 0.05) is 22.5 Å². The van der Waals surface area contributed by atoms with Crippen molar-refractivity contribution in [2.24, 2.45) is 0 Å². The smallest absolute Gasteiger partial charge is 0.123 e. The molecule has 0 saturated carbocycles. The Morgan fingerprint density at radius 2 is 1.73 bits per heavy atom. The number of halogens is 2. The van der Waals surface area contributed by atoms with Gasteiger partial charge in [-0.2, -0.15) is 0 Å². The largest absolute Gasteiger partial charge is 0.338 e. The van der Waals surface area contributed by atoms with Crippen LogP contribution in [0.3, 0.4) is 0 Å². The summed E-state index contributed by atoms with van der Waals surface area (Å²) in [6.45, 7) is 4.37. The molecule has 2 aromatic carbocycles. The predicted molar refractivity (Wildman–Crippen MR) is 101 cm³/mol. The van der Waals surface area contributed by atoms with Gasteiger partial charge in [0.05, 0.1) is 5.69 Å². The first-order valence-corrected chi connectivity index (χ1v) is 8.53. The van der Waals surface area contributed by atoms with Crippen molar-refractivity contribution < 1.29 is 4.39 Å². The van der Waals surface area contributed by atoms with Gasteiger partial charge in [0.2, 0.25) is 0 Å². The van der Waals surface area contributed by atoms with Gasteiger partial charge in [0.1, 0.15) is 5.82 Å². The molecule has 1 aromatic heterocycles. The lowest BCUT2D eigenvalue weighted by molar-refractivity contribution is 0.619. The SMILES string of the molecule is CC(C)n1c(/C=C/I)c(-c2ccc(F)cc2)c2ccccc21. The van der Waals surface area contributed by atoms with Crippen LogP contribution in [0.5, 0.6) is 0 Å². The highest BCUT2D eigenvalue weighted by Crippen LogP contribution is 2.37. The second kappa shape index (κ2) is 6.24. The van der Waals surface area contributed by atoms with Gasteiger partial charge in [-0.15, -0.1) is 0 Å². The molecule has 3 aromatic rings. The molecule has 0 unspecified atom stereocenters. The maximum Gasteiger partial charge on any atom is 0.123 e. The molecular weight excluding hydrogens is 388 g/mol. The van der Waals surface area contributed by atoms with E-state index in [-0.39, 0.29) is 5.82 Å². The van der Waals surface area contributed by atoms with Crippen LogP contribution < -0.4 is 0 Å². The summed E-state index contributed by atoms with van der Waals surface area (Å²) in [7, 11) is 0. The van der Waals surface area contributed by atoms with E-state index in [9.17, 15) is 4.39 Å². The first kappa shape index (κ1) is 15.3. The van der Waals surface area contributed by atoms with E-state index in [1.807, 2.05) is 16.2 Å². The number of rotatable bonds is 3. The van der Waals surface area contributed by atoms with Gasteiger partial charge in [-0.3, -0.25) is 0 Å². The fraction of sp³-hybridized carbons (Fsp3) is 0.158. The molecule has 3 heteroatoms. The van der Waals surface area contributed by atoms with E-state index >= 15 is 0 Å². The van der Waals surface area contributed by atoms with Crippen LogP contribution in [-0.4, -0.2) is 4.57 Å². The number of para-hydroxylation sites is 1. The summed E-state index contributed by atoms with van der Waals surface area (Å²) < 4.78 is 17.6. The Labute approximate surface area is 143 Å². The van der Waals surface area contributed by atoms with Crippen LogP contribution in [0.1, 0.15) is 25.6 Å². The maximum atomic E-state index is 13.3. The van der Waals surface area contributed by atoms with Crippen molar-refractivity contribution in [3.05, 3.63) is 64.1 Å². The van der Waals surface area contributed by atoms with Crippen LogP contribution in [0.2, 0.25) is 0 Å². The summed E-state index contributed by atoms with van der Waals surface area (Å²) in [5, 5.41) is 1.20. The highest BCUT2D eigenvalue weighted by molar-refractivity contribution is 14.1. The number of aromatic nitrogens is 1. The molecule has 22 heavy (non-hydrogen) atoms. The standard InChI is InChI=1S/C19H17FIN/c1-13(2)22-17-6-4-3-5-16(17)19(18(22)11-12-21)14-7-9-15(20)10-8-14/h3-13H,1-2H3/b12-11+. The van der Waals surface area contributed by atoms with Crippen molar-refractivity contribution in [2.75, 3.05) is 0 Å². The van der Waals surface area contributed by atoms with Crippen molar-refractivity contribution >= 4 is 39.6 Å². The Balaban J connectivity index is 2.41. The van der Waals surface area contributed by atoms with Gasteiger partial charge in [0.25, 0.3) is 0 Å². The number of hydrogen-bond donors (Lipinski definition) is 0. The molecule has 0 amide bonds. The molecule has 0 spiro atoms. The summed E-state index contributed by atoms with van der Waals surface area (Å²) in [6, 6.07) is 15.5. The van der Waals surface area contributed by atoms with Crippen LogP contribution >= 0.6 is 22.6 Å². The Bertz CT molecular complexity index is 829. The molecule has 0 atom stereocenters. The topological polar surface area (TPSA) is 4.93 Å². The third-order valence-electron chi connectivity index (χ3n) is 3.82. The maximum absolute atomic E-state index is 13.3. The predicted octanol–water partition coefficient (Wildman–Crippen LogP) is 6.43. The van der Waals surface area contributed by atoms with Crippen molar-refractivity contribution in [3.8, 4) is 11.1 Å². The van der Waals surface area contributed by atoms with E-state index in [0.29, 0.717) is 6.04 Å². The molecule has 1 heterocycles. The summed E-state index contributed by atoms with van der Waals surface area (Å²) >= 11 is 2.24. The molecule has 0 fully saturated rings. The van der Waals surface area contributed by atoms with Gasteiger partial charge < -0.3 is 4.57 Å². The van der Waals surface area contributed by atoms with Gasteiger partial charge in [-0.1, -0.05) is 52.9 Å². The fourth-order valence-electron chi connectivity index (χ4n) is 2.98. The van der Waals surface area contributed by atoms with E-state index < -0.39 is 0 Å². The van der Waals surface area contributed by atoms with Crippen LogP contribution in [0.4, 0.5) is 4.39 Å². The van der Waals surface area contributed by atoms with Crippen LogP contribution in [-0.2, 0) is 0 Å². The lowest BCUT2D eigenvalue weighted by atomic mass is 10.0. The van der Waals surface area contributed by atoms with Crippen molar-refractivity contribution in [1.29, 1.82) is 0 Å². The highest BCUT2D eigenvalue weighted by Gasteiger charge is 2.18. The molecular formula is C19H17FIN. The molecule has 0 aliphatic carbocycles. The lowest BCUT2D eigenvalue weighted by Gasteiger charge is -2.13. The molecule has 3 rings (SSSR count). The van der Waals surface area contributed by atoms with Crippen LogP contribution in [0.15, 0.2) is 52.6 Å². The van der Waals surface area contributed by atoms with Crippen molar-refractivity contribution in [3.63, 3.8) is 0 Å². The first-order valence-electron chi connectivity index (χ1n) is 7.29. The zero-order valence-electron chi connectivity index (χ0n) is 12.6. The summed E-state index contributed by atoms with van der Waals surface area (Å²) in [5.41, 5.74) is 4.58. The molecule has 0 saturated heterocycles. The Morgan fingerprint density at radius 1 is 1.05 bits per heavy atom. The van der Waals surface area contributed by atoms with Gasteiger partial charge >= 0.3 is 0 Å². The van der Waals surface area contributed by atoms with E-state index in [1.54, 1.807) is 0 Å². The number of hydrogen-bond acceptors (Lipinski definition) is 0. The quantitative estimate of drug-likeness (QED) is 0.443. The zero-order chi connectivity index (χ0) is 15.7. The minimum atomic E-state index is -0.206. The second-order valence-corrected chi connectivity index (χ2v) is 6.26. The molecule has 0 aliphatic rings. The fourth-order valence-corrected chi connectivity index (χ4v) is 3.32. The molecule has 0 aliphatic heterocycles. The first-order chi connectivity index (χ1) is 10.6. The minimum Gasteiger partial charge on any atom is -0.338 e. The van der Waals surface area contributed by atoms with Crippen LogP contribution in [0, 0.1) is 5.82 Å². The average Bonchev–Trinajstić information content (AvgIpc) is 2.83. The molecule has 112 valence electrons. The molecule has 0 radical (unpaired) electrons. The van der Waals surface area contributed by atoms with Gasteiger partial charge in [-0.25, -0.2) is 4.39 Å². The number of nitrogens with zero attached hydrogens (tertiary/aromatic N) is 1. The summed E-state index contributed by atoms with van der Waals surface area (Å²) in [5.74, 6) is -0.206. The Kier molecular flexibility index (Phi) is 4.34. The normalized spacial score (nSPS) is 11.9. The van der Waals surface area contributed by atoms with E-state index in [4.69, 9.17) is 0 Å². The third-order valence-corrected chi connectivity index (χ3v) is 4.18. The number of fused-ring (bicyclic) bond motifs is 1. The average molecular weight is 405 g/mol. The molecule has 1 nitrogen and oxygen atoms in total.